The van der Waals surface area contributed by atoms with Crippen molar-refractivity contribution in [2.45, 2.75) is 25.3 Å². The van der Waals surface area contributed by atoms with Crippen LogP contribution in [0.2, 0.25) is 0 Å². The van der Waals surface area contributed by atoms with Crippen molar-refractivity contribution in [1.82, 2.24) is 15.1 Å². The van der Waals surface area contributed by atoms with Gasteiger partial charge in [0.1, 0.15) is 11.4 Å². The highest BCUT2D eigenvalue weighted by molar-refractivity contribution is 6.39. The van der Waals surface area contributed by atoms with Crippen LogP contribution in [0, 0.1) is 11.2 Å². The molecule has 3 fully saturated rings. The van der Waals surface area contributed by atoms with Crippen molar-refractivity contribution < 1.29 is 33.2 Å². The van der Waals surface area contributed by atoms with Crippen molar-refractivity contribution >= 4 is 53.1 Å². The zero-order valence-electron chi connectivity index (χ0n) is 21.6. The van der Waals surface area contributed by atoms with Crippen molar-refractivity contribution in [3.8, 4) is 0 Å². The zero-order valence-corrected chi connectivity index (χ0v) is 21.6. The molecule has 204 valence electrons. The van der Waals surface area contributed by atoms with Crippen LogP contribution in [0.1, 0.15) is 24.0 Å². The van der Waals surface area contributed by atoms with Gasteiger partial charge in [-0.1, -0.05) is 6.07 Å². The molecule has 1 atom stereocenters. The van der Waals surface area contributed by atoms with Crippen LogP contribution in [0.3, 0.4) is 0 Å². The number of imide groups is 4. The van der Waals surface area contributed by atoms with Gasteiger partial charge in [-0.05, 0) is 72.9 Å². The van der Waals surface area contributed by atoms with Crippen LogP contribution >= 0.6 is 0 Å². The zero-order chi connectivity index (χ0) is 28.5. The van der Waals surface area contributed by atoms with E-state index in [-0.39, 0.29) is 17.7 Å². The molecule has 40 heavy (non-hydrogen) atoms. The number of urea groups is 2. The van der Waals surface area contributed by atoms with Gasteiger partial charge < -0.3 is 4.90 Å². The molecular formula is C28H24FN5O6. The Labute approximate surface area is 227 Å². The van der Waals surface area contributed by atoms with Crippen molar-refractivity contribution in [1.29, 1.82) is 0 Å². The largest absolute Gasteiger partial charge is 0.367 e. The molecule has 0 aromatic heterocycles. The summed E-state index contributed by atoms with van der Waals surface area (Å²) in [5.41, 5.74) is 0.208. The van der Waals surface area contributed by atoms with Gasteiger partial charge in [-0.25, -0.2) is 18.9 Å². The lowest BCUT2D eigenvalue weighted by atomic mass is 9.68. The van der Waals surface area contributed by atoms with Gasteiger partial charge in [-0.3, -0.25) is 34.3 Å². The van der Waals surface area contributed by atoms with E-state index in [4.69, 9.17) is 0 Å². The fourth-order valence-electron chi connectivity index (χ4n) is 6.28. The Morgan fingerprint density at radius 3 is 2.30 bits per heavy atom. The average molecular weight is 546 g/mol. The first-order valence-electron chi connectivity index (χ1n) is 12.7. The fourth-order valence-corrected chi connectivity index (χ4v) is 6.28. The van der Waals surface area contributed by atoms with E-state index in [1.165, 1.54) is 32.3 Å². The molecule has 1 N–H and O–H groups in total. The van der Waals surface area contributed by atoms with Crippen LogP contribution in [0.25, 0.3) is 6.08 Å². The van der Waals surface area contributed by atoms with E-state index in [2.05, 4.69) is 5.32 Å². The molecule has 2 aromatic carbocycles. The molecule has 1 unspecified atom stereocenters. The minimum absolute atomic E-state index is 0.0421. The van der Waals surface area contributed by atoms with E-state index in [1.807, 2.05) is 11.0 Å². The Balaban J connectivity index is 1.40. The Kier molecular flexibility index (Phi) is 5.61. The monoisotopic (exact) mass is 545 g/mol. The van der Waals surface area contributed by atoms with Crippen LogP contribution in [-0.4, -0.2) is 72.2 Å². The fraction of sp³-hybridized carbons (Fsp3) is 0.286. The number of carbonyl (C=O) groups is 6. The summed E-state index contributed by atoms with van der Waals surface area (Å²) in [7, 11) is 2.74. The summed E-state index contributed by atoms with van der Waals surface area (Å²) in [6, 6.07) is 7.87. The van der Waals surface area contributed by atoms with E-state index in [9.17, 15) is 33.2 Å². The highest BCUT2D eigenvalue weighted by Crippen LogP contribution is 2.49. The van der Waals surface area contributed by atoms with E-state index in [0.29, 0.717) is 24.1 Å². The number of amides is 8. The maximum absolute atomic E-state index is 13.6. The second kappa shape index (κ2) is 8.83. The summed E-state index contributed by atoms with van der Waals surface area (Å²) in [5, 5.41) is 2.13. The minimum Gasteiger partial charge on any atom is -0.367 e. The van der Waals surface area contributed by atoms with Gasteiger partial charge in [0, 0.05) is 26.3 Å². The highest BCUT2D eigenvalue weighted by atomic mass is 19.1. The Bertz CT molecular complexity index is 1540. The molecular weight excluding hydrogens is 521 g/mol. The summed E-state index contributed by atoms with van der Waals surface area (Å²) in [6.07, 6.45) is 2.75. The summed E-state index contributed by atoms with van der Waals surface area (Å²) in [4.78, 5) is 82.8. The van der Waals surface area contributed by atoms with Crippen LogP contribution in [0.5, 0.6) is 0 Å². The molecule has 4 aliphatic heterocycles. The van der Waals surface area contributed by atoms with Gasteiger partial charge in [0.2, 0.25) is 11.8 Å². The number of benzene rings is 2. The van der Waals surface area contributed by atoms with E-state index >= 15 is 0 Å². The van der Waals surface area contributed by atoms with Gasteiger partial charge in [-0.2, -0.15) is 0 Å². The maximum atomic E-state index is 13.6. The first-order valence-corrected chi connectivity index (χ1v) is 12.7. The number of rotatable bonds is 2. The summed E-state index contributed by atoms with van der Waals surface area (Å²) < 4.78 is 13.4. The second-order valence-electron chi connectivity index (χ2n) is 10.3. The lowest BCUT2D eigenvalue weighted by Crippen LogP contribution is -2.70. The first kappa shape index (κ1) is 25.4. The summed E-state index contributed by atoms with van der Waals surface area (Å²) >= 11 is 0. The molecule has 2 aromatic rings. The van der Waals surface area contributed by atoms with Gasteiger partial charge >= 0.3 is 12.1 Å². The Morgan fingerprint density at radius 1 is 0.950 bits per heavy atom. The van der Waals surface area contributed by atoms with Crippen molar-refractivity contribution in [2.75, 3.05) is 30.4 Å². The van der Waals surface area contributed by atoms with Crippen LogP contribution < -0.4 is 15.1 Å². The molecule has 0 saturated carbocycles. The van der Waals surface area contributed by atoms with E-state index < -0.39 is 53.0 Å². The molecule has 4 heterocycles. The predicted molar refractivity (Wildman–Crippen MR) is 139 cm³/mol. The molecule has 6 rings (SSSR count). The number of fused-ring (bicyclic) bond motifs is 4. The Morgan fingerprint density at radius 2 is 1.62 bits per heavy atom. The third-order valence-corrected chi connectivity index (χ3v) is 8.15. The first-order chi connectivity index (χ1) is 19.0. The molecule has 8 amide bonds. The minimum atomic E-state index is -1.49. The molecule has 11 nitrogen and oxygen atoms in total. The molecule has 0 bridgehead atoms. The number of carbonyl (C=O) groups excluding carboxylic acids is 6. The number of hydrogen-bond acceptors (Lipinski definition) is 7. The third-order valence-electron chi connectivity index (χ3n) is 8.15. The molecule has 0 aliphatic carbocycles. The number of nitrogens with zero attached hydrogens (tertiary/aromatic N) is 4. The maximum Gasteiger partial charge on any atom is 0.335 e. The van der Waals surface area contributed by atoms with Crippen molar-refractivity contribution in [3.05, 3.63) is 65.0 Å². The smallest absolute Gasteiger partial charge is 0.335 e. The van der Waals surface area contributed by atoms with E-state index in [1.54, 1.807) is 12.1 Å². The van der Waals surface area contributed by atoms with Gasteiger partial charge in [0.05, 0.1) is 11.7 Å². The summed E-state index contributed by atoms with van der Waals surface area (Å²) in [6.45, 7) is 0.622. The normalized spacial score (nSPS) is 23.3. The molecule has 4 aliphatic rings. The Hall–Kier alpha value is -4.87. The topological polar surface area (TPSA) is 127 Å². The van der Waals surface area contributed by atoms with Gasteiger partial charge in [0.25, 0.3) is 11.8 Å². The van der Waals surface area contributed by atoms with Crippen molar-refractivity contribution in [2.24, 2.45) is 5.41 Å². The standard InChI is InChI=1S/C28H24FN5O6/c1-31-24(37)28(25(38)32(2)27(31)40)14-16-12-15(5-10-20(16)33-11-3-4-21(28)33)13-19-22(35)30-26(39)34(23(19)36)18-8-6-17(29)7-9-18/h5-10,12-13,21H,3-4,11,14H2,1-2H3,(H,30,35,39). The lowest BCUT2D eigenvalue weighted by Gasteiger charge is -2.50. The van der Waals surface area contributed by atoms with Crippen LogP contribution in [0.4, 0.5) is 25.4 Å². The quantitative estimate of drug-likeness (QED) is 0.348. The van der Waals surface area contributed by atoms with Crippen molar-refractivity contribution in [3.63, 3.8) is 0 Å². The van der Waals surface area contributed by atoms with Crippen LogP contribution in [0.15, 0.2) is 48.0 Å². The average Bonchev–Trinajstić information content (AvgIpc) is 3.44. The summed E-state index contributed by atoms with van der Waals surface area (Å²) in [5.74, 6) is -3.43. The highest BCUT2D eigenvalue weighted by Gasteiger charge is 2.63. The second-order valence-corrected chi connectivity index (χ2v) is 10.3. The SMILES string of the molecule is CN1C(=O)N(C)C(=O)C2(Cc3cc(C=C4C(=O)NC(=O)N(c5ccc(F)cc5)C4=O)ccc3N3CCCC32)C1=O. The number of hydrogen-bond donors (Lipinski definition) is 1. The van der Waals surface area contributed by atoms with Crippen LogP contribution in [-0.2, 0) is 25.6 Å². The lowest BCUT2D eigenvalue weighted by molar-refractivity contribution is -0.159. The predicted octanol–water partition coefficient (Wildman–Crippen LogP) is 2.05. The third kappa shape index (κ3) is 3.48. The van der Waals surface area contributed by atoms with E-state index in [0.717, 1.165) is 38.9 Å². The number of barbiturate groups is 2. The number of nitrogens with one attached hydrogen (secondary N) is 1. The molecule has 1 spiro atoms. The van der Waals surface area contributed by atoms with Gasteiger partial charge in [-0.15, -0.1) is 0 Å². The number of halogens is 1. The molecule has 3 saturated heterocycles. The number of anilines is 2. The van der Waals surface area contributed by atoms with Gasteiger partial charge in [0.15, 0.2) is 5.41 Å². The molecule has 12 heteroatoms. The molecule has 0 radical (unpaired) electrons.